The Morgan fingerprint density at radius 3 is 2.45 bits per heavy atom. The van der Waals surface area contributed by atoms with Gasteiger partial charge in [-0.2, -0.15) is 0 Å². The molecule has 29 heavy (non-hydrogen) atoms. The lowest BCUT2D eigenvalue weighted by Gasteiger charge is -2.10. The third-order valence-corrected chi connectivity index (χ3v) is 5.31. The highest BCUT2D eigenvalue weighted by Gasteiger charge is 2.15. The number of benzene rings is 2. The Bertz CT molecular complexity index is 1110. The number of halogens is 1. The second-order valence-corrected chi connectivity index (χ2v) is 8.07. The van der Waals surface area contributed by atoms with Gasteiger partial charge in [0.1, 0.15) is 5.75 Å². The van der Waals surface area contributed by atoms with Crippen molar-refractivity contribution in [1.82, 2.24) is 9.97 Å². The molecule has 1 aromatic heterocycles. The van der Waals surface area contributed by atoms with Crippen LogP contribution in [0.25, 0.3) is 0 Å². The summed E-state index contributed by atoms with van der Waals surface area (Å²) in [5.74, 6) is 0.144. The van der Waals surface area contributed by atoms with E-state index in [0.717, 1.165) is 5.56 Å². The quantitative estimate of drug-likeness (QED) is 0.593. The monoisotopic (exact) mass is 432 g/mol. The number of carbonyl (C=O) groups excluding carboxylic acids is 1. The van der Waals surface area contributed by atoms with E-state index in [2.05, 4.69) is 20.0 Å². The molecule has 0 aliphatic carbocycles. The van der Waals surface area contributed by atoms with Gasteiger partial charge in [0.15, 0.2) is 6.61 Å². The lowest BCUT2D eigenvalue weighted by Crippen LogP contribution is -2.20. The predicted molar refractivity (Wildman–Crippen MR) is 110 cm³/mol. The van der Waals surface area contributed by atoms with Gasteiger partial charge in [-0.15, -0.1) is 0 Å². The zero-order valence-electron chi connectivity index (χ0n) is 15.3. The first-order valence-corrected chi connectivity index (χ1v) is 10.3. The number of anilines is 2. The average molecular weight is 433 g/mol. The van der Waals surface area contributed by atoms with Crippen LogP contribution in [0.15, 0.2) is 65.8 Å². The minimum Gasteiger partial charge on any atom is -0.483 e. The minimum atomic E-state index is -3.84. The van der Waals surface area contributed by atoms with Crippen molar-refractivity contribution in [3.05, 3.63) is 71.5 Å². The summed E-state index contributed by atoms with van der Waals surface area (Å²) in [4.78, 5) is 19.7. The van der Waals surface area contributed by atoms with Gasteiger partial charge in [0, 0.05) is 23.1 Å². The number of nitrogens with one attached hydrogen (secondary N) is 2. The second kappa shape index (κ2) is 8.89. The van der Waals surface area contributed by atoms with Crippen LogP contribution in [-0.2, 0) is 14.8 Å². The molecule has 0 bridgehead atoms. The molecule has 0 radical (unpaired) electrons. The Morgan fingerprint density at radius 2 is 1.79 bits per heavy atom. The molecule has 0 fully saturated rings. The van der Waals surface area contributed by atoms with Crippen molar-refractivity contribution in [3.8, 4) is 5.75 Å². The van der Waals surface area contributed by atoms with E-state index < -0.39 is 10.0 Å². The van der Waals surface area contributed by atoms with Crippen molar-refractivity contribution in [3.63, 3.8) is 0 Å². The van der Waals surface area contributed by atoms with Gasteiger partial charge >= 0.3 is 0 Å². The van der Waals surface area contributed by atoms with E-state index in [0.29, 0.717) is 16.5 Å². The van der Waals surface area contributed by atoms with E-state index in [1.54, 1.807) is 24.3 Å². The molecular weight excluding hydrogens is 416 g/mol. The molecule has 3 aromatic rings. The van der Waals surface area contributed by atoms with Gasteiger partial charge in [-0.3, -0.25) is 4.79 Å². The van der Waals surface area contributed by atoms with Gasteiger partial charge < -0.3 is 10.1 Å². The summed E-state index contributed by atoms with van der Waals surface area (Å²) < 4.78 is 32.4. The summed E-state index contributed by atoms with van der Waals surface area (Å²) in [5.41, 5.74) is 1.25. The average Bonchev–Trinajstić information content (AvgIpc) is 2.68. The molecule has 0 spiro atoms. The number of hydrogen-bond donors (Lipinski definition) is 2. The standard InChI is InChI=1S/C19H17ClN4O4S/c1-13-11-14(20)3-8-17(13)28-12-18(25)23-15-4-6-16(7-5-15)29(26,27)24-19-21-9-2-10-22-19/h2-11H,12H2,1H3,(H,23,25)(H,21,22,24). The first kappa shape index (κ1) is 20.6. The fourth-order valence-corrected chi connectivity index (χ4v) is 3.55. The van der Waals surface area contributed by atoms with Crippen molar-refractivity contribution >= 4 is 39.2 Å². The summed E-state index contributed by atoms with van der Waals surface area (Å²) >= 11 is 5.89. The number of hydrogen-bond acceptors (Lipinski definition) is 6. The van der Waals surface area contributed by atoms with Crippen LogP contribution < -0.4 is 14.8 Å². The fourth-order valence-electron chi connectivity index (χ4n) is 2.36. The van der Waals surface area contributed by atoms with E-state index in [1.165, 1.54) is 36.7 Å². The number of aromatic nitrogens is 2. The fraction of sp³-hybridized carbons (Fsp3) is 0.105. The van der Waals surface area contributed by atoms with E-state index in [4.69, 9.17) is 16.3 Å². The van der Waals surface area contributed by atoms with Crippen LogP contribution in [0, 0.1) is 6.92 Å². The smallest absolute Gasteiger partial charge is 0.264 e. The molecule has 1 heterocycles. The van der Waals surface area contributed by atoms with Crippen LogP contribution in [0.4, 0.5) is 11.6 Å². The van der Waals surface area contributed by atoms with Crippen molar-refractivity contribution in [1.29, 1.82) is 0 Å². The molecule has 150 valence electrons. The summed E-state index contributed by atoms with van der Waals surface area (Å²) in [5, 5.41) is 3.23. The molecule has 0 unspecified atom stereocenters. The first-order chi connectivity index (χ1) is 13.8. The highest BCUT2D eigenvalue weighted by atomic mass is 35.5. The second-order valence-electron chi connectivity index (χ2n) is 5.95. The molecule has 2 N–H and O–H groups in total. The van der Waals surface area contributed by atoms with Crippen LogP contribution in [0.5, 0.6) is 5.75 Å². The van der Waals surface area contributed by atoms with Gasteiger partial charge in [0.05, 0.1) is 4.90 Å². The minimum absolute atomic E-state index is 0.0102. The Morgan fingerprint density at radius 1 is 1.10 bits per heavy atom. The van der Waals surface area contributed by atoms with Crippen LogP contribution in [0.2, 0.25) is 5.02 Å². The zero-order valence-corrected chi connectivity index (χ0v) is 16.9. The van der Waals surface area contributed by atoms with Crippen LogP contribution >= 0.6 is 11.6 Å². The number of aryl methyl sites for hydroxylation is 1. The molecule has 0 atom stereocenters. The molecule has 10 heteroatoms. The highest BCUT2D eigenvalue weighted by molar-refractivity contribution is 7.92. The highest BCUT2D eigenvalue weighted by Crippen LogP contribution is 2.22. The van der Waals surface area contributed by atoms with Crippen molar-refractivity contribution in [2.45, 2.75) is 11.8 Å². The largest absolute Gasteiger partial charge is 0.483 e. The first-order valence-electron chi connectivity index (χ1n) is 8.42. The molecule has 0 aliphatic rings. The Balaban J connectivity index is 1.59. The molecular formula is C19H17ClN4O4S. The number of rotatable bonds is 7. The summed E-state index contributed by atoms with van der Waals surface area (Å²) in [6.07, 6.45) is 2.86. The van der Waals surface area contributed by atoms with E-state index >= 15 is 0 Å². The van der Waals surface area contributed by atoms with Crippen LogP contribution in [0.3, 0.4) is 0 Å². The number of amides is 1. The van der Waals surface area contributed by atoms with E-state index in [9.17, 15) is 13.2 Å². The molecule has 3 rings (SSSR count). The van der Waals surface area contributed by atoms with Crippen molar-refractivity contribution < 1.29 is 17.9 Å². The maximum atomic E-state index is 12.3. The van der Waals surface area contributed by atoms with E-state index in [-0.39, 0.29) is 23.4 Å². The van der Waals surface area contributed by atoms with Gasteiger partial charge in [-0.05, 0) is 61.0 Å². The van der Waals surface area contributed by atoms with Gasteiger partial charge in [0.25, 0.3) is 15.9 Å². The number of sulfonamides is 1. The normalized spacial score (nSPS) is 11.0. The number of carbonyl (C=O) groups is 1. The van der Waals surface area contributed by atoms with Gasteiger partial charge in [-0.1, -0.05) is 11.6 Å². The summed E-state index contributed by atoms with van der Waals surface area (Å²) in [7, 11) is -3.84. The Hall–Kier alpha value is -3.17. The third kappa shape index (κ3) is 5.66. The molecule has 1 amide bonds. The Kier molecular flexibility index (Phi) is 6.30. The van der Waals surface area contributed by atoms with Gasteiger partial charge in [-0.25, -0.2) is 23.1 Å². The van der Waals surface area contributed by atoms with Crippen LogP contribution in [-0.4, -0.2) is 30.9 Å². The van der Waals surface area contributed by atoms with Crippen molar-refractivity contribution in [2.75, 3.05) is 16.6 Å². The molecule has 0 saturated carbocycles. The van der Waals surface area contributed by atoms with Crippen LogP contribution in [0.1, 0.15) is 5.56 Å². The topological polar surface area (TPSA) is 110 Å². The summed E-state index contributed by atoms with van der Waals surface area (Å²) in [6.45, 7) is 1.63. The molecule has 0 aliphatic heterocycles. The number of nitrogens with zero attached hydrogens (tertiary/aromatic N) is 2. The maximum absolute atomic E-state index is 12.3. The molecule has 0 saturated heterocycles. The predicted octanol–water partition coefficient (Wildman–Crippen LogP) is 3.26. The molecule has 8 nitrogen and oxygen atoms in total. The van der Waals surface area contributed by atoms with E-state index in [1.807, 2.05) is 6.92 Å². The van der Waals surface area contributed by atoms with Crippen molar-refractivity contribution in [2.24, 2.45) is 0 Å². The summed E-state index contributed by atoms with van der Waals surface area (Å²) in [6, 6.07) is 12.4. The number of ether oxygens (including phenoxy) is 1. The third-order valence-electron chi connectivity index (χ3n) is 3.74. The SMILES string of the molecule is Cc1cc(Cl)ccc1OCC(=O)Nc1ccc(S(=O)(=O)Nc2ncccn2)cc1. The zero-order chi connectivity index (χ0) is 20.9. The molecule has 2 aromatic carbocycles. The lowest BCUT2D eigenvalue weighted by atomic mass is 10.2. The van der Waals surface area contributed by atoms with Gasteiger partial charge in [0.2, 0.25) is 5.95 Å². The Labute approximate surface area is 173 Å². The lowest BCUT2D eigenvalue weighted by molar-refractivity contribution is -0.118. The maximum Gasteiger partial charge on any atom is 0.264 e.